The van der Waals surface area contributed by atoms with Gasteiger partial charge in [0.1, 0.15) is 0 Å². The summed E-state index contributed by atoms with van der Waals surface area (Å²) in [6, 6.07) is 10.7. The van der Waals surface area contributed by atoms with Gasteiger partial charge in [0, 0.05) is 0 Å². The number of aliphatic hydroxyl groups is 1. The molecular weight excluding hydrogens is 208 g/mol. The van der Waals surface area contributed by atoms with Gasteiger partial charge in [-0.1, -0.05) is 50.1 Å². The lowest BCUT2D eigenvalue weighted by atomic mass is 9.88. The first-order valence-corrected chi connectivity index (χ1v) is 7.00. The van der Waals surface area contributed by atoms with E-state index in [4.69, 9.17) is 0 Å². The molecule has 1 nitrogen and oxygen atoms in total. The first-order chi connectivity index (χ1) is 8.27. The van der Waals surface area contributed by atoms with E-state index >= 15 is 0 Å². The summed E-state index contributed by atoms with van der Waals surface area (Å²) in [5.74, 6) is 2.44. The third kappa shape index (κ3) is 2.13. The second-order valence-corrected chi connectivity index (χ2v) is 5.98. The molecule has 0 amide bonds. The minimum absolute atomic E-state index is 0.0577. The molecule has 2 aliphatic carbocycles. The minimum Gasteiger partial charge on any atom is -0.393 e. The van der Waals surface area contributed by atoms with Crippen LogP contribution in [0.15, 0.2) is 30.3 Å². The van der Waals surface area contributed by atoms with Crippen molar-refractivity contribution in [2.45, 2.75) is 44.6 Å². The van der Waals surface area contributed by atoms with Crippen molar-refractivity contribution < 1.29 is 5.11 Å². The highest BCUT2D eigenvalue weighted by molar-refractivity contribution is 5.26. The predicted octanol–water partition coefficient (Wildman–Crippen LogP) is 3.59. The van der Waals surface area contributed by atoms with Gasteiger partial charge in [-0.05, 0) is 42.1 Å². The number of benzene rings is 1. The van der Waals surface area contributed by atoms with Crippen LogP contribution in [0.1, 0.15) is 44.1 Å². The van der Waals surface area contributed by atoms with Gasteiger partial charge in [0.2, 0.25) is 0 Å². The first kappa shape index (κ1) is 11.3. The van der Waals surface area contributed by atoms with Crippen LogP contribution >= 0.6 is 0 Å². The fourth-order valence-corrected chi connectivity index (χ4v) is 3.67. The Bertz CT molecular complexity index is 372. The first-order valence-electron chi connectivity index (χ1n) is 7.00. The minimum atomic E-state index is -0.0577. The molecule has 17 heavy (non-hydrogen) atoms. The Kier molecular flexibility index (Phi) is 2.96. The molecule has 2 saturated carbocycles. The zero-order valence-corrected chi connectivity index (χ0v) is 10.5. The van der Waals surface area contributed by atoms with Gasteiger partial charge in [0.05, 0.1) is 6.10 Å². The summed E-state index contributed by atoms with van der Waals surface area (Å²) in [4.78, 5) is 0. The van der Waals surface area contributed by atoms with E-state index in [1.807, 2.05) is 0 Å². The van der Waals surface area contributed by atoms with E-state index in [0.29, 0.717) is 17.8 Å². The topological polar surface area (TPSA) is 20.2 Å². The highest BCUT2D eigenvalue weighted by Crippen LogP contribution is 2.53. The van der Waals surface area contributed by atoms with Crippen molar-refractivity contribution in [2.75, 3.05) is 0 Å². The van der Waals surface area contributed by atoms with Crippen LogP contribution in [0.2, 0.25) is 0 Å². The number of hydrogen-bond donors (Lipinski definition) is 1. The van der Waals surface area contributed by atoms with E-state index in [1.54, 1.807) is 0 Å². The highest BCUT2D eigenvalue weighted by Gasteiger charge is 2.47. The SMILES string of the molecule is CC1CCCC1C(O)C1CC1c1ccccc1. The van der Waals surface area contributed by atoms with Crippen LogP contribution in [-0.2, 0) is 0 Å². The van der Waals surface area contributed by atoms with Gasteiger partial charge in [-0.15, -0.1) is 0 Å². The third-order valence-electron chi connectivity index (χ3n) is 4.87. The zero-order valence-electron chi connectivity index (χ0n) is 10.5. The van der Waals surface area contributed by atoms with Crippen molar-refractivity contribution in [2.24, 2.45) is 17.8 Å². The molecule has 1 N–H and O–H groups in total. The second-order valence-electron chi connectivity index (χ2n) is 5.98. The fourth-order valence-electron chi connectivity index (χ4n) is 3.67. The van der Waals surface area contributed by atoms with Crippen LogP contribution in [0.25, 0.3) is 0 Å². The maximum atomic E-state index is 10.5. The quantitative estimate of drug-likeness (QED) is 0.841. The van der Waals surface area contributed by atoms with Crippen molar-refractivity contribution >= 4 is 0 Å². The summed E-state index contributed by atoms with van der Waals surface area (Å²) in [6.07, 6.45) is 4.99. The summed E-state index contributed by atoms with van der Waals surface area (Å²) >= 11 is 0. The van der Waals surface area contributed by atoms with Gasteiger partial charge in [-0.25, -0.2) is 0 Å². The number of aliphatic hydroxyl groups excluding tert-OH is 1. The number of hydrogen-bond acceptors (Lipinski definition) is 1. The van der Waals surface area contributed by atoms with Gasteiger partial charge in [0.15, 0.2) is 0 Å². The Balaban J connectivity index is 1.64. The lowest BCUT2D eigenvalue weighted by Gasteiger charge is -2.22. The molecule has 0 spiro atoms. The Hall–Kier alpha value is -0.820. The molecule has 92 valence electrons. The van der Waals surface area contributed by atoms with Crippen molar-refractivity contribution in [3.63, 3.8) is 0 Å². The molecule has 0 heterocycles. The van der Waals surface area contributed by atoms with E-state index in [0.717, 1.165) is 5.92 Å². The number of rotatable bonds is 3. The molecule has 2 aliphatic rings. The smallest absolute Gasteiger partial charge is 0.0605 e. The van der Waals surface area contributed by atoms with Crippen LogP contribution in [0.4, 0.5) is 0 Å². The van der Waals surface area contributed by atoms with Crippen LogP contribution in [0, 0.1) is 17.8 Å². The summed E-state index contributed by atoms with van der Waals surface area (Å²) in [5.41, 5.74) is 1.42. The molecule has 1 heteroatoms. The van der Waals surface area contributed by atoms with E-state index < -0.39 is 0 Å². The van der Waals surface area contributed by atoms with Crippen molar-refractivity contribution in [1.82, 2.24) is 0 Å². The molecule has 1 aromatic carbocycles. The average molecular weight is 230 g/mol. The fraction of sp³-hybridized carbons (Fsp3) is 0.625. The van der Waals surface area contributed by atoms with Crippen LogP contribution < -0.4 is 0 Å². The molecule has 5 atom stereocenters. The zero-order chi connectivity index (χ0) is 11.8. The molecule has 2 fully saturated rings. The van der Waals surface area contributed by atoms with Gasteiger partial charge in [0.25, 0.3) is 0 Å². The molecule has 0 saturated heterocycles. The summed E-state index contributed by atoms with van der Waals surface area (Å²) < 4.78 is 0. The van der Waals surface area contributed by atoms with Crippen molar-refractivity contribution in [1.29, 1.82) is 0 Å². The van der Waals surface area contributed by atoms with Gasteiger partial charge in [-0.2, -0.15) is 0 Å². The Morgan fingerprint density at radius 1 is 1.12 bits per heavy atom. The molecule has 0 radical (unpaired) electrons. The normalized spacial score (nSPS) is 38.0. The Morgan fingerprint density at radius 3 is 2.53 bits per heavy atom. The van der Waals surface area contributed by atoms with E-state index in [2.05, 4.69) is 37.3 Å². The third-order valence-corrected chi connectivity index (χ3v) is 4.87. The van der Waals surface area contributed by atoms with Gasteiger partial charge in [-0.3, -0.25) is 0 Å². The summed E-state index contributed by atoms with van der Waals surface area (Å²) in [5, 5.41) is 10.5. The lowest BCUT2D eigenvalue weighted by Crippen LogP contribution is -2.25. The predicted molar refractivity (Wildman–Crippen MR) is 69.8 cm³/mol. The maximum absolute atomic E-state index is 10.5. The van der Waals surface area contributed by atoms with E-state index in [9.17, 15) is 5.11 Å². The van der Waals surface area contributed by atoms with E-state index in [1.165, 1.54) is 31.2 Å². The van der Waals surface area contributed by atoms with Crippen LogP contribution in [-0.4, -0.2) is 11.2 Å². The second kappa shape index (κ2) is 4.45. The largest absolute Gasteiger partial charge is 0.393 e. The average Bonchev–Trinajstić information content (AvgIpc) is 3.05. The lowest BCUT2D eigenvalue weighted by molar-refractivity contribution is 0.0684. The molecular formula is C16H22O. The molecule has 1 aromatic rings. The van der Waals surface area contributed by atoms with Crippen molar-refractivity contribution in [3.05, 3.63) is 35.9 Å². The van der Waals surface area contributed by atoms with Crippen LogP contribution in [0.3, 0.4) is 0 Å². The van der Waals surface area contributed by atoms with Crippen LogP contribution in [0.5, 0.6) is 0 Å². The highest BCUT2D eigenvalue weighted by atomic mass is 16.3. The molecule has 5 unspecified atom stereocenters. The standard InChI is InChI=1S/C16H22O/c1-11-6-5-9-13(11)16(17)15-10-14(15)12-7-3-2-4-8-12/h2-4,7-8,11,13-17H,5-6,9-10H2,1H3. The molecule has 0 bridgehead atoms. The summed E-state index contributed by atoms with van der Waals surface area (Å²) in [6.45, 7) is 2.31. The Morgan fingerprint density at radius 2 is 1.88 bits per heavy atom. The van der Waals surface area contributed by atoms with E-state index in [-0.39, 0.29) is 6.10 Å². The monoisotopic (exact) mass is 230 g/mol. The molecule has 0 aromatic heterocycles. The van der Waals surface area contributed by atoms with Gasteiger partial charge < -0.3 is 5.11 Å². The maximum Gasteiger partial charge on any atom is 0.0605 e. The van der Waals surface area contributed by atoms with Gasteiger partial charge >= 0.3 is 0 Å². The molecule has 3 rings (SSSR count). The van der Waals surface area contributed by atoms with Crippen molar-refractivity contribution in [3.8, 4) is 0 Å². The Labute approximate surface area is 104 Å². The summed E-state index contributed by atoms with van der Waals surface area (Å²) in [7, 11) is 0. The molecule has 0 aliphatic heterocycles.